The van der Waals surface area contributed by atoms with Crippen molar-refractivity contribution < 1.29 is 28.6 Å². The van der Waals surface area contributed by atoms with Crippen LogP contribution in [0.5, 0.6) is 0 Å². The van der Waals surface area contributed by atoms with E-state index in [1.807, 2.05) is 6.92 Å². The summed E-state index contributed by atoms with van der Waals surface area (Å²) in [5, 5.41) is 10.1. The summed E-state index contributed by atoms with van der Waals surface area (Å²) in [5.41, 5.74) is 6.90. The highest BCUT2D eigenvalue weighted by atomic mass is 16.5. The predicted octanol–water partition coefficient (Wildman–Crippen LogP) is 3.54. The first-order chi connectivity index (χ1) is 17.4. The van der Waals surface area contributed by atoms with Gasteiger partial charge in [-0.15, -0.1) is 0 Å². The van der Waals surface area contributed by atoms with Crippen molar-refractivity contribution in [2.45, 2.75) is 25.7 Å². The highest BCUT2D eigenvalue weighted by Crippen LogP contribution is 2.43. The molecule has 1 aliphatic heterocycles. The molecule has 2 N–H and O–H groups in total. The molecule has 2 aromatic rings. The van der Waals surface area contributed by atoms with E-state index in [0.29, 0.717) is 12.0 Å². The lowest BCUT2D eigenvalue weighted by atomic mass is 9.80. The number of carbonyl (C=O) groups excluding carboxylic acids is 3. The van der Waals surface area contributed by atoms with Crippen LogP contribution < -0.4 is 10.6 Å². The molecule has 0 amide bonds. The van der Waals surface area contributed by atoms with Crippen LogP contribution in [0.25, 0.3) is 0 Å². The van der Waals surface area contributed by atoms with Gasteiger partial charge in [-0.1, -0.05) is 55.8 Å². The summed E-state index contributed by atoms with van der Waals surface area (Å²) in [6.07, 6.45) is 1.51. The molecule has 186 valence electrons. The molecule has 0 bridgehead atoms. The zero-order chi connectivity index (χ0) is 26.2. The van der Waals surface area contributed by atoms with Gasteiger partial charge in [0.15, 0.2) is 0 Å². The number of benzene rings is 2. The van der Waals surface area contributed by atoms with Crippen molar-refractivity contribution in [1.82, 2.24) is 0 Å². The summed E-state index contributed by atoms with van der Waals surface area (Å²) in [7, 11) is 2.33. The van der Waals surface area contributed by atoms with Gasteiger partial charge in [0, 0.05) is 0 Å². The number of rotatable bonds is 8. The van der Waals surface area contributed by atoms with Gasteiger partial charge >= 0.3 is 17.9 Å². The minimum Gasteiger partial charge on any atom is -0.466 e. The van der Waals surface area contributed by atoms with E-state index in [1.54, 1.807) is 48.5 Å². The van der Waals surface area contributed by atoms with Gasteiger partial charge in [-0.05, 0) is 24.1 Å². The van der Waals surface area contributed by atoms with Gasteiger partial charge in [-0.3, -0.25) is 4.90 Å². The molecule has 3 rings (SSSR count). The number of ether oxygens (including phenoxy) is 3. The monoisotopic (exact) mass is 489 g/mol. The van der Waals surface area contributed by atoms with Gasteiger partial charge in [0.2, 0.25) is 0 Å². The Morgan fingerprint density at radius 3 is 2.22 bits per heavy atom. The quantitative estimate of drug-likeness (QED) is 0.336. The van der Waals surface area contributed by atoms with E-state index >= 15 is 0 Å². The van der Waals surface area contributed by atoms with Gasteiger partial charge in [0.25, 0.3) is 0 Å². The number of nitrogens with zero attached hydrogens (tertiary/aromatic N) is 2. The van der Waals surface area contributed by atoms with Crippen LogP contribution in [0, 0.1) is 11.3 Å². The second kappa shape index (κ2) is 11.7. The van der Waals surface area contributed by atoms with Crippen LogP contribution in [0.15, 0.2) is 77.3 Å². The molecule has 2 aromatic carbocycles. The minimum absolute atomic E-state index is 0.00315. The molecule has 0 radical (unpaired) electrons. The number of allylic oxidation sites excluding steroid dienone is 1. The molecule has 1 aliphatic rings. The predicted molar refractivity (Wildman–Crippen MR) is 131 cm³/mol. The Bertz CT molecular complexity index is 1260. The lowest BCUT2D eigenvalue weighted by molar-refractivity contribution is -0.139. The zero-order valence-corrected chi connectivity index (χ0v) is 20.3. The van der Waals surface area contributed by atoms with Crippen molar-refractivity contribution in [3.05, 3.63) is 88.4 Å². The lowest BCUT2D eigenvalue weighted by Crippen LogP contribution is -2.41. The molecular formula is C27H27N3O6. The van der Waals surface area contributed by atoms with E-state index in [1.165, 1.54) is 18.1 Å². The third-order valence-electron chi connectivity index (χ3n) is 5.71. The topological polar surface area (TPSA) is 132 Å². The molecule has 1 atom stereocenters. The fourth-order valence-corrected chi connectivity index (χ4v) is 3.99. The van der Waals surface area contributed by atoms with Crippen molar-refractivity contribution in [1.29, 1.82) is 5.26 Å². The summed E-state index contributed by atoms with van der Waals surface area (Å²) in [6, 6.07) is 17.1. The number of anilines is 1. The molecule has 1 heterocycles. The fraction of sp³-hybridized carbons (Fsp3) is 0.259. The molecule has 9 heteroatoms. The molecule has 36 heavy (non-hydrogen) atoms. The number of nitriles is 1. The van der Waals surface area contributed by atoms with Crippen LogP contribution >= 0.6 is 0 Å². The van der Waals surface area contributed by atoms with E-state index in [0.717, 1.165) is 13.5 Å². The van der Waals surface area contributed by atoms with E-state index in [9.17, 15) is 19.6 Å². The summed E-state index contributed by atoms with van der Waals surface area (Å²) < 4.78 is 15.4. The first-order valence-electron chi connectivity index (χ1n) is 11.3. The number of methoxy groups -OCH3 is 2. The normalized spacial score (nSPS) is 15.3. The summed E-state index contributed by atoms with van der Waals surface area (Å²) in [4.78, 5) is 40.5. The molecule has 0 saturated carbocycles. The van der Waals surface area contributed by atoms with Crippen LogP contribution in [-0.2, 0) is 23.8 Å². The molecule has 9 nitrogen and oxygen atoms in total. The maximum Gasteiger partial charge on any atom is 0.355 e. The van der Waals surface area contributed by atoms with Crippen molar-refractivity contribution >= 4 is 23.6 Å². The van der Waals surface area contributed by atoms with Gasteiger partial charge in [0.1, 0.15) is 11.5 Å². The summed E-state index contributed by atoms with van der Waals surface area (Å²) in [6.45, 7) is 2.18. The molecule has 0 saturated heterocycles. The largest absolute Gasteiger partial charge is 0.466 e. The second-order valence-corrected chi connectivity index (χ2v) is 7.84. The molecule has 0 fully saturated rings. The number of hydrogen-bond donors (Lipinski definition) is 1. The van der Waals surface area contributed by atoms with Gasteiger partial charge < -0.3 is 19.9 Å². The Hall–Kier alpha value is -4.58. The summed E-state index contributed by atoms with van der Waals surface area (Å²) >= 11 is 0. The van der Waals surface area contributed by atoms with Gasteiger partial charge in [-0.2, -0.15) is 5.26 Å². The average molecular weight is 490 g/mol. The van der Waals surface area contributed by atoms with E-state index in [-0.39, 0.29) is 40.5 Å². The average Bonchev–Trinajstić information content (AvgIpc) is 2.92. The number of unbranched alkanes of at least 4 members (excludes halogenated alkanes) is 1. The molecule has 1 unspecified atom stereocenters. The Morgan fingerprint density at radius 1 is 0.972 bits per heavy atom. The SMILES string of the molecule is CCCCOC(=O)c1ccccc1N1C(N)=C(C#N)C(c2ccccc2)C(C(=O)OC)=C1C(=O)OC. The van der Waals surface area contributed by atoms with Gasteiger partial charge in [-0.25, -0.2) is 14.4 Å². The Morgan fingerprint density at radius 2 is 1.61 bits per heavy atom. The van der Waals surface area contributed by atoms with E-state index in [4.69, 9.17) is 19.9 Å². The van der Waals surface area contributed by atoms with Crippen molar-refractivity contribution in [3.8, 4) is 6.07 Å². The van der Waals surface area contributed by atoms with E-state index < -0.39 is 23.8 Å². The summed E-state index contributed by atoms with van der Waals surface area (Å²) in [5.74, 6) is -3.52. The van der Waals surface area contributed by atoms with Gasteiger partial charge in [0.05, 0.1) is 55.2 Å². The maximum atomic E-state index is 13.2. The van der Waals surface area contributed by atoms with Crippen molar-refractivity contribution in [2.24, 2.45) is 5.73 Å². The first kappa shape index (κ1) is 26.0. The Labute approximate surface area is 209 Å². The van der Waals surface area contributed by atoms with Crippen LogP contribution in [0.1, 0.15) is 41.6 Å². The number of carbonyl (C=O) groups is 3. The first-order valence-corrected chi connectivity index (χ1v) is 11.3. The van der Waals surface area contributed by atoms with Crippen LogP contribution in [0.4, 0.5) is 5.69 Å². The Balaban J connectivity index is 2.34. The smallest absolute Gasteiger partial charge is 0.355 e. The van der Waals surface area contributed by atoms with Crippen molar-refractivity contribution in [3.63, 3.8) is 0 Å². The second-order valence-electron chi connectivity index (χ2n) is 7.84. The number of esters is 3. The third kappa shape index (κ3) is 4.93. The number of para-hydroxylation sites is 1. The van der Waals surface area contributed by atoms with Crippen LogP contribution in [0.2, 0.25) is 0 Å². The number of hydrogen-bond acceptors (Lipinski definition) is 9. The highest BCUT2D eigenvalue weighted by molar-refractivity contribution is 6.08. The molecule has 0 aliphatic carbocycles. The van der Waals surface area contributed by atoms with E-state index in [2.05, 4.69) is 6.07 Å². The fourth-order valence-electron chi connectivity index (χ4n) is 3.99. The lowest BCUT2D eigenvalue weighted by Gasteiger charge is -2.36. The molecule has 0 aromatic heterocycles. The Kier molecular flexibility index (Phi) is 8.47. The van der Waals surface area contributed by atoms with Crippen molar-refractivity contribution in [2.75, 3.05) is 25.7 Å². The van der Waals surface area contributed by atoms with Crippen LogP contribution in [-0.4, -0.2) is 38.7 Å². The number of nitrogens with two attached hydrogens (primary N) is 1. The standard InChI is InChI=1S/C27H27N3O6/c1-4-5-15-36-25(31)18-13-9-10-14-20(18)30-23(27(33)35-3)22(26(32)34-2)21(19(16-28)24(30)29)17-11-7-6-8-12-17/h6-14,21H,4-5,15,29H2,1-3H3. The third-order valence-corrected chi connectivity index (χ3v) is 5.71. The zero-order valence-electron chi connectivity index (χ0n) is 20.3. The highest BCUT2D eigenvalue weighted by Gasteiger charge is 2.43. The minimum atomic E-state index is -1.00. The molecule has 0 spiro atoms. The molecular weight excluding hydrogens is 462 g/mol. The maximum absolute atomic E-state index is 13.2. The van der Waals surface area contributed by atoms with Crippen LogP contribution in [0.3, 0.4) is 0 Å².